The maximum Gasteiger partial charge on any atom is 0.246 e. The lowest BCUT2D eigenvalue weighted by Crippen LogP contribution is -1.89. The molecule has 47 heavy (non-hydrogen) atoms. The number of fused-ring (bicyclic) bond motifs is 2. The van der Waals surface area contributed by atoms with Gasteiger partial charge in [0.05, 0.1) is 10.6 Å². The molecule has 0 saturated heterocycles. The fourth-order valence-electron chi connectivity index (χ4n) is 5.87. The van der Waals surface area contributed by atoms with Crippen LogP contribution in [0, 0.1) is 0 Å². The molecule has 0 atom stereocenters. The molecule has 7 heteroatoms. The van der Waals surface area contributed by atoms with Gasteiger partial charge in [0.1, 0.15) is 22.4 Å². The molecular weight excluding hydrogens is 601 g/mol. The zero-order valence-corrected chi connectivity index (χ0v) is 25.7. The van der Waals surface area contributed by atoms with Crippen molar-refractivity contribution in [3.8, 4) is 66.4 Å². The van der Waals surface area contributed by atoms with Crippen molar-refractivity contribution in [1.29, 1.82) is 0 Å². The van der Waals surface area contributed by atoms with Gasteiger partial charge in [-0.05, 0) is 59.7 Å². The average Bonchev–Trinajstić information content (AvgIpc) is 3.88. The SMILES string of the molecule is c1ccc(-c2c(-c3ccc(-c4nc5ccccc5o4)nc3)sc(-c3cccc(-c4nc5ccccc5o4)n3)c2-c2ccccc2)cc1. The first kappa shape index (κ1) is 27.2. The van der Waals surface area contributed by atoms with Gasteiger partial charge in [-0.1, -0.05) is 91.0 Å². The van der Waals surface area contributed by atoms with Gasteiger partial charge < -0.3 is 8.83 Å². The minimum absolute atomic E-state index is 0.494. The molecule has 5 aromatic heterocycles. The number of benzene rings is 4. The first-order valence-electron chi connectivity index (χ1n) is 15.2. The molecule has 0 fully saturated rings. The van der Waals surface area contributed by atoms with Crippen LogP contribution in [0.25, 0.3) is 88.6 Å². The molecule has 9 rings (SSSR count). The fourth-order valence-corrected chi connectivity index (χ4v) is 7.18. The number of nitrogens with zero attached hydrogens (tertiary/aromatic N) is 4. The number of hydrogen-bond acceptors (Lipinski definition) is 7. The van der Waals surface area contributed by atoms with Crippen LogP contribution in [0.2, 0.25) is 0 Å². The molecule has 0 unspecified atom stereocenters. The number of oxazole rings is 2. The molecule has 0 N–H and O–H groups in total. The second kappa shape index (κ2) is 11.3. The van der Waals surface area contributed by atoms with Crippen LogP contribution < -0.4 is 0 Å². The smallest absolute Gasteiger partial charge is 0.246 e. The Bertz CT molecular complexity index is 2450. The topological polar surface area (TPSA) is 77.8 Å². The Hall–Kier alpha value is -6.18. The number of pyridine rings is 2. The van der Waals surface area contributed by atoms with Crippen molar-refractivity contribution >= 4 is 33.5 Å². The third kappa shape index (κ3) is 4.90. The maximum absolute atomic E-state index is 6.10. The second-order valence-corrected chi connectivity index (χ2v) is 12.1. The highest BCUT2D eigenvalue weighted by atomic mass is 32.1. The minimum Gasteiger partial charge on any atom is -0.435 e. The monoisotopic (exact) mass is 624 g/mol. The van der Waals surface area contributed by atoms with Crippen molar-refractivity contribution < 1.29 is 8.83 Å². The van der Waals surface area contributed by atoms with Gasteiger partial charge in [0.15, 0.2) is 11.2 Å². The minimum atomic E-state index is 0.494. The zero-order valence-electron chi connectivity index (χ0n) is 24.9. The van der Waals surface area contributed by atoms with Gasteiger partial charge in [-0.15, -0.1) is 11.3 Å². The molecule has 222 valence electrons. The predicted molar refractivity (Wildman–Crippen MR) is 188 cm³/mol. The average molecular weight is 625 g/mol. The molecule has 0 saturated carbocycles. The van der Waals surface area contributed by atoms with Crippen molar-refractivity contribution in [2.75, 3.05) is 0 Å². The van der Waals surface area contributed by atoms with Crippen LogP contribution in [0.3, 0.4) is 0 Å². The molecule has 5 heterocycles. The third-order valence-electron chi connectivity index (χ3n) is 8.07. The Balaban J connectivity index is 1.23. The molecule has 0 amide bonds. The lowest BCUT2D eigenvalue weighted by molar-refractivity contribution is 0.616. The number of aromatic nitrogens is 4. The Labute approximate surface area is 273 Å². The normalized spacial score (nSPS) is 11.4. The summed E-state index contributed by atoms with van der Waals surface area (Å²) in [6, 6.07) is 46.6. The van der Waals surface area contributed by atoms with Crippen molar-refractivity contribution in [3.63, 3.8) is 0 Å². The molecule has 0 aliphatic rings. The van der Waals surface area contributed by atoms with E-state index in [1.807, 2.05) is 85.1 Å². The van der Waals surface area contributed by atoms with E-state index in [9.17, 15) is 0 Å². The van der Waals surface area contributed by atoms with E-state index in [0.717, 1.165) is 65.5 Å². The first-order valence-corrected chi connectivity index (χ1v) is 16.0. The zero-order chi connectivity index (χ0) is 31.2. The maximum atomic E-state index is 6.10. The summed E-state index contributed by atoms with van der Waals surface area (Å²) in [6.45, 7) is 0. The molecule has 0 spiro atoms. The molecule has 4 aromatic carbocycles. The third-order valence-corrected chi connectivity index (χ3v) is 9.33. The van der Waals surface area contributed by atoms with Gasteiger partial charge in [0, 0.05) is 27.8 Å². The highest BCUT2D eigenvalue weighted by Gasteiger charge is 2.25. The van der Waals surface area contributed by atoms with E-state index in [1.54, 1.807) is 11.3 Å². The molecule has 0 radical (unpaired) electrons. The second-order valence-electron chi connectivity index (χ2n) is 11.1. The van der Waals surface area contributed by atoms with E-state index in [2.05, 4.69) is 65.6 Å². The van der Waals surface area contributed by atoms with Crippen LogP contribution in [0.4, 0.5) is 0 Å². The lowest BCUT2D eigenvalue weighted by atomic mass is 9.92. The summed E-state index contributed by atoms with van der Waals surface area (Å²) in [5, 5.41) is 0. The van der Waals surface area contributed by atoms with Gasteiger partial charge >= 0.3 is 0 Å². The van der Waals surface area contributed by atoms with Crippen molar-refractivity contribution in [1.82, 2.24) is 19.9 Å². The van der Waals surface area contributed by atoms with E-state index in [4.69, 9.17) is 23.8 Å². The first-order chi connectivity index (χ1) is 23.3. The van der Waals surface area contributed by atoms with Gasteiger partial charge in [0.25, 0.3) is 0 Å². The molecule has 0 aliphatic carbocycles. The Morgan fingerprint density at radius 3 is 1.55 bits per heavy atom. The number of para-hydroxylation sites is 4. The van der Waals surface area contributed by atoms with Crippen LogP contribution in [-0.4, -0.2) is 19.9 Å². The summed E-state index contributed by atoms with van der Waals surface area (Å²) < 4.78 is 12.1. The Morgan fingerprint density at radius 2 is 0.957 bits per heavy atom. The molecular formula is C40H24N4O2S. The standard InChI is InChI=1S/C40H24N4O2S/c1-3-12-25(13-4-1)35-36(26-14-5-2-6-15-26)38(30-18-11-19-32(42-30)40-44-29-17-8-10-21-34(29)46-40)47-37(35)27-22-23-31(41-24-27)39-43-28-16-7-9-20-33(28)45-39/h1-24H. The van der Waals surface area contributed by atoms with E-state index in [1.165, 1.54) is 0 Å². The van der Waals surface area contributed by atoms with E-state index in [0.29, 0.717) is 23.2 Å². The number of hydrogen-bond donors (Lipinski definition) is 0. The number of rotatable bonds is 6. The van der Waals surface area contributed by atoms with Crippen molar-refractivity contribution in [2.45, 2.75) is 0 Å². The highest BCUT2D eigenvalue weighted by molar-refractivity contribution is 7.20. The summed E-state index contributed by atoms with van der Waals surface area (Å²) in [5.41, 5.74) is 10.7. The van der Waals surface area contributed by atoms with Crippen LogP contribution in [-0.2, 0) is 0 Å². The highest BCUT2D eigenvalue weighted by Crippen LogP contribution is 2.51. The quantitative estimate of drug-likeness (QED) is 0.183. The molecule has 0 bridgehead atoms. The van der Waals surface area contributed by atoms with Gasteiger partial charge in [-0.3, -0.25) is 4.98 Å². The van der Waals surface area contributed by atoms with Gasteiger partial charge in [-0.25, -0.2) is 15.0 Å². The lowest BCUT2D eigenvalue weighted by Gasteiger charge is -2.11. The van der Waals surface area contributed by atoms with E-state index < -0.39 is 0 Å². The summed E-state index contributed by atoms with van der Waals surface area (Å²) in [4.78, 5) is 21.5. The molecule has 0 aliphatic heterocycles. The van der Waals surface area contributed by atoms with Crippen LogP contribution >= 0.6 is 11.3 Å². The summed E-state index contributed by atoms with van der Waals surface area (Å²) >= 11 is 1.70. The van der Waals surface area contributed by atoms with Gasteiger partial charge in [-0.2, -0.15) is 0 Å². The van der Waals surface area contributed by atoms with Gasteiger partial charge in [0.2, 0.25) is 11.8 Å². The number of thiophene rings is 1. The summed E-state index contributed by atoms with van der Waals surface area (Å²) in [6.07, 6.45) is 1.91. The largest absolute Gasteiger partial charge is 0.435 e. The summed E-state index contributed by atoms with van der Waals surface area (Å²) in [5.74, 6) is 0.992. The van der Waals surface area contributed by atoms with Crippen molar-refractivity contribution in [3.05, 3.63) is 146 Å². The van der Waals surface area contributed by atoms with E-state index >= 15 is 0 Å². The van der Waals surface area contributed by atoms with Crippen LogP contribution in [0.15, 0.2) is 155 Å². The van der Waals surface area contributed by atoms with E-state index in [-0.39, 0.29) is 0 Å². The Morgan fingerprint density at radius 1 is 0.404 bits per heavy atom. The molecule has 6 nitrogen and oxygen atoms in total. The Kier molecular flexibility index (Phi) is 6.54. The molecule has 9 aromatic rings. The van der Waals surface area contributed by atoms with Crippen LogP contribution in [0.5, 0.6) is 0 Å². The van der Waals surface area contributed by atoms with Crippen LogP contribution in [0.1, 0.15) is 0 Å². The summed E-state index contributed by atoms with van der Waals surface area (Å²) in [7, 11) is 0. The van der Waals surface area contributed by atoms with Crippen molar-refractivity contribution in [2.24, 2.45) is 0 Å². The predicted octanol–water partition coefficient (Wildman–Crippen LogP) is 10.8. The fraction of sp³-hybridized carbons (Fsp3) is 0.